The molecule has 0 unspecified atom stereocenters. The average Bonchev–Trinajstić information content (AvgIpc) is 3.24. The molecule has 0 radical (unpaired) electrons. The minimum atomic E-state index is -0.0247. The van der Waals surface area contributed by atoms with E-state index in [1.165, 1.54) is 11.8 Å². The maximum Gasteiger partial charge on any atom is 0.234 e. The first-order valence-electron chi connectivity index (χ1n) is 8.59. The van der Waals surface area contributed by atoms with Gasteiger partial charge in [0.2, 0.25) is 11.8 Å². The fourth-order valence-electron chi connectivity index (χ4n) is 2.69. The number of anilines is 1. The molecule has 7 heteroatoms. The van der Waals surface area contributed by atoms with Crippen molar-refractivity contribution < 1.29 is 9.53 Å². The van der Waals surface area contributed by atoms with Gasteiger partial charge in [-0.25, -0.2) is 4.98 Å². The molecule has 2 aromatic heterocycles. The third kappa shape index (κ3) is 4.16. The van der Waals surface area contributed by atoms with Gasteiger partial charge in [0, 0.05) is 16.6 Å². The Bertz CT molecular complexity index is 1100. The SMILES string of the molecule is CSCC(=O)Nc1ccc(Oc2nc(-c3ccsc3)nc3ccccc23)cc1. The number of para-hydroxylation sites is 1. The zero-order valence-electron chi connectivity index (χ0n) is 15.1. The molecular weight excluding hydrogens is 390 g/mol. The number of carbonyl (C=O) groups excluding carboxylic acids is 1. The summed E-state index contributed by atoms with van der Waals surface area (Å²) in [5.74, 6) is 2.18. The van der Waals surface area contributed by atoms with E-state index in [0.717, 1.165) is 22.2 Å². The van der Waals surface area contributed by atoms with E-state index in [9.17, 15) is 4.79 Å². The quantitative estimate of drug-likeness (QED) is 0.460. The standard InChI is InChI=1S/C21H17N3O2S2/c1-27-13-19(25)22-15-6-8-16(9-7-15)26-21-17-4-2-3-5-18(17)23-20(24-21)14-10-11-28-12-14/h2-12H,13H2,1H3,(H,22,25). The van der Waals surface area contributed by atoms with Gasteiger partial charge in [-0.05, 0) is 54.1 Å². The fourth-order valence-corrected chi connectivity index (χ4v) is 3.66. The average molecular weight is 408 g/mol. The number of fused-ring (bicyclic) bond motifs is 1. The number of ether oxygens (including phenoxy) is 1. The molecule has 0 spiro atoms. The second-order valence-corrected chi connectivity index (χ2v) is 7.64. The molecule has 2 aromatic carbocycles. The summed E-state index contributed by atoms with van der Waals surface area (Å²) in [5.41, 5.74) is 2.53. The van der Waals surface area contributed by atoms with E-state index >= 15 is 0 Å². The van der Waals surface area contributed by atoms with Crippen molar-refractivity contribution in [2.45, 2.75) is 0 Å². The Morgan fingerprint density at radius 3 is 2.68 bits per heavy atom. The molecule has 0 aliphatic rings. The second-order valence-electron chi connectivity index (χ2n) is 5.99. The van der Waals surface area contributed by atoms with Crippen molar-refractivity contribution in [3.63, 3.8) is 0 Å². The van der Waals surface area contributed by atoms with Gasteiger partial charge in [0.15, 0.2) is 5.82 Å². The van der Waals surface area contributed by atoms with Crippen LogP contribution in [0.3, 0.4) is 0 Å². The van der Waals surface area contributed by atoms with Gasteiger partial charge in [-0.15, -0.1) is 0 Å². The highest BCUT2D eigenvalue weighted by molar-refractivity contribution is 7.99. The summed E-state index contributed by atoms with van der Waals surface area (Å²) in [6.45, 7) is 0. The van der Waals surface area contributed by atoms with E-state index in [1.54, 1.807) is 11.3 Å². The van der Waals surface area contributed by atoms with Crippen LogP contribution in [0.1, 0.15) is 0 Å². The molecule has 1 amide bonds. The van der Waals surface area contributed by atoms with Crippen LogP contribution >= 0.6 is 23.1 Å². The van der Waals surface area contributed by atoms with Gasteiger partial charge in [-0.3, -0.25) is 4.79 Å². The Morgan fingerprint density at radius 2 is 1.93 bits per heavy atom. The lowest BCUT2D eigenvalue weighted by atomic mass is 10.2. The lowest BCUT2D eigenvalue weighted by molar-refractivity contribution is -0.113. The zero-order valence-corrected chi connectivity index (χ0v) is 16.7. The molecule has 2 heterocycles. The van der Waals surface area contributed by atoms with Gasteiger partial charge in [0.1, 0.15) is 5.75 Å². The van der Waals surface area contributed by atoms with E-state index in [1.807, 2.05) is 71.6 Å². The summed E-state index contributed by atoms with van der Waals surface area (Å²) in [6.07, 6.45) is 1.90. The van der Waals surface area contributed by atoms with Gasteiger partial charge in [-0.1, -0.05) is 12.1 Å². The van der Waals surface area contributed by atoms with Gasteiger partial charge in [0.05, 0.1) is 16.7 Å². The molecule has 5 nitrogen and oxygen atoms in total. The number of thioether (sulfide) groups is 1. The summed E-state index contributed by atoms with van der Waals surface area (Å²) in [4.78, 5) is 21.0. The Hall–Kier alpha value is -2.90. The molecule has 0 fully saturated rings. The highest BCUT2D eigenvalue weighted by Gasteiger charge is 2.12. The molecule has 0 saturated heterocycles. The maximum absolute atomic E-state index is 11.7. The topological polar surface area (TPSA) is 64.1 Å². The van der Waals surface area contributed by atoms with Gasteiger partial charge in [-0.2, -0.15) is 28.1 Å². The van der Waals surface area contributed by atoms with Crippen molar-refractivity contribution >= 4 is 45.6 Å². The predicted molar refractivity (Wildman–Crippen MR) is 116 cm³/mol. The largest absolute Gasteiger partial charge is 0.438 e. The van der Waals surface area contributed by atoms with Gasteiger partial charge < -0.3 is 10.1 Å². The highest BCUT2D eigenvalue weighted by Crippen LogP contribution is 2.31. The number of nitrogens with zero attached hydrogens (tertiary/aromatic N) is 2. The van der Waals surface area contributed by atoms with Crippen molar-refractivity contribution in [3.8, 4) is 23.0 Å². The molecule has 140 valence electrons. The zero-order chi connectivity index (χ0) is 19.3. The normalized spacial score (nSPS) is 10.8. The van der Waals surface area contributed by atoms with Crippen molar-refractivity contribution in [2.75, 3.05) is 17.3 Å². The molecule has 0 saturated carbocycles. The number of carbonyl (C=O) groups is 1. The van der Waals surface area contributed by atoms with Crippen molar-refractivity contribution in [2.24, 2.45) is 0 Å². The number of hydrogen-bond donors (Lipinski definition) is 1. The predicted octanol–water partition coefficient (Wildman–Crippen LogP) is 5.45. The molecule has 4 rings (SSSR count). The van der Waals surface area contributed by atoms with Crippen LogP contribution in [0.4, 0.5) is 5.69 Å². The third-order valence-corrected chi connectivity index (χ3v) is 5.21. The van der Waals surface area contributed by atoms with Crippen LogP contribution in [0.5, 0.6) is 11.6 Å². The van der Waals surface area contributed by atoms with Gasteiger partial charge in [0.25, 0.3) is 0 Å². The lowest BCUT2D eigenvalue weighted by Gasteiger charge is -2.10. The summed E-state index contributed by atoms with van der Waals surface area (Å²) in [5, 5.41) is 7.71. The Kier molecular flexibility index (Phi) is 5.55. The van der Waals surface area contributed by atoms with Gasteiger partial charge >= 0.3 is 0 Å². The number of rotatable bonds is 6. The Morgan fingerprint density at radius 1 is 1.11 bits per heavy atom. The minimum absolute atomic E-state index is 0.0247. The summed E-state index contributed by atoms with van der Waals surface area (Å²) < 4.78 is 6.07. The summed E-state index contributed by atoms with van der Waals surface area (Å²) >= 11 is 3.09. The van der Waals surface area contributed by atoms with Crippen molar-refractivity contribution in [1.29, 1.82) is 0 Å². The van der Waals surface area contributed by atoms with Crippen LogP contribution in [0.25, 0.3) is 22.3 Å². The first-order valence-corrected chi connectivity index (χ1v) is 10.9. The maximum atomic E-state index is 11.7. The molecule has 0 bridgehead atoms. The Balaban J connectivity index is 1.63. The summed E-state index contributed by atoms with van der Waals surface area (Å²) in [7, 11) is 0. The van der Waals surface area contributed by atoms with E-state index in [0.29, 0.717) is 23.2 Å². The molecule has 0 atom stereocenters. The van der Waals surface area contributed by atoms with E-state index in [2.05, 4.69) is 15.3 Å². The van der Waals surface area contributed by atoms with Crippen LogP contribution in [0.2, 0.25) is 0 Å². The number of benzene rings is 2. The van der Waals surface area contributed by atoms with Crippen molar-refractivity contribution in [1.82, 2.24) is 9.97 Å². The van der Waals surface area contributed by atoms with Crippen molar-refractivity contribution in [3.05, 3.63) is 65.4 Å². The number of thiophene rings is 1. The van der Waals surface area contributed by atoms with E-state index in [-0.39, 0.29) is 5.91 Å². The molecule has 1 N–H and O–H groups in total. The van der Waals surface area contributed by atoms with E-state index in [4.69, 9.17) is 4.74 Å². The molecule has 0 aliphatic heterocycles. The number of hydrogen-bond acceptors (Lipinski definition) is 6. The number of nitrogens with one attached hydrogen (secondary N) is 1. The molecule has 0 aliphatic carbocycles. The first-order chi connectivity index (χ1) is 13.7. The van der Waals surface area contributed by atoms with E-state index < -0.39 is 0 Å². The molecular formula is C21H17N3O2S2. The Labute approximate surface area is 170 Å². The van der Waals surface area contributed by atoms with Crippen LogP contribution < -0.4 is 10.1 Å². The first kappa shape index (κ1) is 18.5. The summed E-state index contributed by atoms with van der Waals surface area (Å²) in [6, 6.07) is 17.0. The van der Waals surface area contributed by atoms with Crippen LogP contribution in [-0.4, -0.2) is 27.9 Å². The smallest absolute Gasteiger partial charge is 0.234 e. The number of aromatic nitrogens is 2. The van der Waals surface area contributed by atoms with Crippen LogP contribution in [0, 0.1) is 0 Å². The fraction of sp³-hybridized carbons (Fsp3) is 0.0952. The van der Waals surface area contributed by atoms with Crippen LogP contribution in [-0.2, 0) is 4.79 Å². The lowest BCUT2D eigenvalue weighted by Crippen LogP contribution is -2.13. The highest BCUT2D eigenvalue weighted by atomic mass is 32.2. The molecule has 28 heavy (non-hydrogen) atoms. The third-order valence-electron chi connectivity index (χ3n) is 3.98. The monoisotopic (exact) mass is 407 g/mol. The molecule has 4 aromatic rings. The van der Waals surface area contributed by atoms with Crippen LogP contribution in [0.15, 0.2) is 65.4 Å². The minimum Gasteiger partial charge on any atom is -0.438 e. The second kappa shape index (κ2) is 8.41. The number of amides is 1.